The van der Waals surface area contributed by atoms with Gasteiger partial charge in [-0.1, -0.05) is 11.3 Å². The predicted molar refractivity (Wildman–Crippen MR) is 92.5 cm³/mol. The zero-order chi connectivity index (χ0) is 17.3. The van der Waals surface area contributed by atoms with Crippen LogP contribution in [-0.2, 0) is 11.3 Å². The number of hydrogen-bond acceptors (Lipinski definition) is 5. The van der Waals surface area contributed by atoms with Crippen molar-refractivity contribution in [1.29, 1.82) is 0 Å². The summed E-state index contributed by atoms with van der Waals surface area (Å²) < 4.78 is 7.37. The Morgan fingerprint density at radius 3 is 2.96 bits per heavy atom. The van der Waals surface area contributed by atoms with Crippen LogP contribution in [0, 0.1) is 5.92 Å². The summed E-state index contributed by atoms with van der Waals surface area (Å²) in [7, 11) is 0. The molecule has 24 heavy (non-hydrogen) atoms. The number of ether oxygens (including phenoxy) is 1. The topological polar surface area (TPSA) is 86.3 Å². The number of rotatable bonds is 2. The molecule has 1 atom stereocenters. The number of nitrogens with zero attached hydrogens (tertiary/aromatic N) is 4. The lowest BCUT2D eigenvalue weighted by molar-refractivity contribution is 0.0156. The molecule has 7 heteroatoms. The van der Waals surface area contributed by atoms with E-state index < -0.39 is 5.60 Å². The van der Waals surface area contributed by atoms with E-state index in [-0.39, 0.29) is 6.09 Å². The number of carbonyl (C=O) groups is 1. The molecule has 2 heterocycles. The van der Waals surface area contributed by atoms with E-state index in [9.17, 15) is 4.79 Å². The van der Waals surface area contributed by atoms with Gasteiger partial charge in [-0.25, -0.2) is 9.48 Å². The Kier molecular flexibility index (Phi) is 4.34. The molecule has 2 N–H and O–H groups in total. The predicted octanol–water partition coefficient (Wildman–Crippen LogP) is 2.66. The number of likely N-dealkylation sites (tertiary alicyclic amines) is 1. The Bertz CT molecular complexity index is 734. The highest BCUT2D eigenvalue weighted by atomic mass is 16.6. The van der Waals surface area contributed by atoms with E-state index in [1.807, 2.05) is 43.7 Å². The van der Waals surface area contributed by atoms with E-state index in [0.29, 0.717) is 18.2 Å². The smallest absolute Gasteiger partial charge is 0.410 e. The van der Waals surface area contributed by atoms with Crippen LogP contribution < -0.4 is 5.73 Å². The third kappa shape index (κ3) is 3.60. The molecule has 1 aliphatic heterocycles. The van der Waals surface area contributed by atoms with Gasteiger partial charge in [0.05, 0.1) is 11.2 Å². The number of nitrogens with two attached hydrogens (primary N) is 1. The number of benzene rings is 1. The maximum Gasteiger partial charge on any atom is 0.410 e. The first-order valence-electron chi connectivity index (χ1n) is 8.39. The van der Waals surface area contributed by atoms with Crippen molar-refractivity contribution in [2.24, 2.45) is 5.92 Å². The van der Waals surface area contributed by atoms with Gasteiger partial charge in [-0.2, -0.15) is 0 Å². The average Bonchev–Trinajstić information content (AvgIpc) is 2.90. The molecule has 7 nitrogen and oxygen atoms in total. The zero-order valence-electron chi connectivity index (χ0n) is 14.5. The molecule has 1 unspecified atom stereocenters. The molecule has 0 radical (unpaired) electrons. The number of fused-ring (bicyclic) bond motifs is 1. The van der Waals surface area contributed by atoms with Gasteiger partial charge in [0.25, 0.3) is 0 Å². The third-order valence-electron chi connectivity index (χ3n) is 4.18. The molecular weight excluding hydrogens is 306 g/mol. The lowest BCUT2D eigenvalue weighted by Crippen LogP contribution is -2.43. The molecule has 1 saturated heterocycles. The van der Waals surface area contributed by atoms with Gasteiger partial charge in [-0.15, -0.1) is 5.10 Å². The molecular formula is C17H25N5O2. The SMILES string of the molecule is CC(C)(C)OC(=O)N1CCCC(Cn2nnc3c(N)cccc32)C1. The quantitative estimate of drug-likeness (QED) is 0.855. The monoisotopic (exact) mass is 331 g/mol. The zero-order valence-corrected chi connectivity index (χ0v) is 14.5. The highest BCUT2D eigenvalue weighted by Gasteiger charge is 2.28. The maximum absolute atomic E-state index is 12.3. The summed E-state index contributed by atoms with van der Waals surface area (Å²) in [5, 5.41) is 8.40. The van der Waals surface area contributed by atoms with Crippen LogP contribution >= 0.6 is 0 Å². The van der Waals surface area contributed by atoms with Crippen molar-refractivity contribution in [2.45, 2.75) is 45.8 Å². The molecule has 1 amide bonds. The summed E-state index contributed by atoms with van der Waals surface area (Å²) in [4.78, 5) is 14.1. The van der Waals surface area contributed by atoms with E-state index in [1.165, 1.54) is 0 Å². The number of aromatic nitrogens is 3. The molecule has 0 aliphatic carbocycles. The molecule has 1 aromatic carbocycles. The number of carbonyl (C=O) groups excluding carboxylic acids is 1. The Labute approximate surface area is 141 Å². The first-order valence-corrected chi connectivity index (χ1v) is 8.39. The summed E-state index contributed by atoms with van der Waals surface area (Å²) in [5.74, 6) is 0.331. The van der Waals surface area contributed by atoms with E-state index in [2.05, 4.69) is 10.3 Å². The van der Waals surface area contributed by atoms with E-state index in [1.54, 1.807) is 4.90 Å². The molecule has 0 saturated carbocycles. The highest BCUT2D eigenvalue weighted by Crippen LogP contribution is 2.23. The van der Waals surface area contributed by atoms with Gasteiger partial charge in [-0.05, 0) is 51.7 Å². The number of hydrogen-bond donors (Lipinski definition) is 1. The number of piperidine rings is 1. The minimum absolute atomic E-state index is 0.236. The Morgan fingerprint density at radius 1 is 1.42 bits per heavy atom. The van der Waals surface area contributed by atoms with Gasteiger partial charge >= 0.3 is 6.09 Å². The molecule has 1 aliphatic rings. The standard InChI is InChI=1S/C17H25N5O2/c1-17(2,3)24-16(23)21-9-5-6-12(10-21)11-22-14-8-4-7-13(18)15(14)19-20-22/h4,7-8,12H,5-6,9-11,18H2,1-3H3. The third-order valence-corrected chi connectivity index (χ3v) is 4.18. The van der Waals surface area contributed by atoms with Crippen LogP contribution in [0.15, 0.2) is 18.2 Å². The van der Waals surface area contributed by atoms with Crippen molar-refractivity contribution in [1.82, 2.24) is 19.9 Å². The first-order chi connectivity index (χ1) is 11.3. The fourth-order valence-electron chi connectivity index (χ4n) is 3.10. The van der Waals surface area contributed by atoms with Gasteiger partial charge in [0.15, 0.2) is 0 Å². The van der Waals surface area contributed by atoms with Crippen molar-refractivity contribution in [2.75, 3.05) is 18.8 Å². The number of anilines is 1. The number of nitrogen functional groups attached to an aromatic ring is 1. The van der Waals surface area contributed by atoms with Gasteiger partial charge in [-0.3, -0.25) is 0 Å². The second-order valence-corrected chi connectivity index (χ2v) is 7.42. The number of amides is 1. The van der Waals surface area contributed by atoms with Gasteiger partial charge in [0.2, 0.25) is 0 Å². The second-order valence-electron chi connectivity index (χ2n) is 7.42. The Hall–Kier alpha value is -2.31. The molecule has 1 aromatic heterocycles. The van der Waals surface area contributed by atoms with Crippen LogP contribution in [-0.4, -0.2) is 44.7 Å². The summed E-state index contributed by atoms with van der Waals surface area (Å²) in [6.45, 7) is 7.81. The lowest BCUT2D eigenvalue weighted by atomic mass is 9.98. The molecule has 130 valence electrons. The van der Waals surface area contributed by atoms with Crippen LogP contribution in [0.4, 0.5) is 10.5 Å². The normalized spacial score (nSPS) is 18.8. The van der Waals surface area contributed by atoms with Crippen LogP contribution in [0.2, 0.25) is 0 Å². The van der Waals surface area contributed by atoms with Gasteiger partial charge in [0, 0.05) is 19.6 Å². The summed E-state index contributed by atoms with van der Waals surface area (Å²) in [6.07, 6.45) is 1.79. The van der Waals surface area contributed by atoms with Crippen molar-refractivity contribution in [3.05, 3.63) is 18.2 Å². The fraction of sp³-hybridized carbons (Fsp3) is 0.588. The summed E-state index contributed by atoms with van der Waals surface area (Å²) in [5.41, 5.74) is 7.77. The molecule has 2 aromatic rings. The van der Waals surface area contributed by atoms with Gasteiger partial charge < -0.3 is 15.4 Å². The highest BCUT2D eigenvalue weighted by molar-refractivity contribution is 5.86. The van der Waals surface area contributed by atoms with E-state index in [4.69, 9.17) is 10.5 Å². The van der Waals surface area contributed by atoms with Crippen LogP contribution in [0.25, 0.3) is 11.0 Å². The largest absolute Gasteiger partial charge is 0.444 e. The summed E-state index contributed by atoms with van der Waals surface area (Å²) >= 11 is 0. The molecule has 3 rings (SSSR count). The summed E-state index contributed by atoms with van der Waals surface area (Å²) in [6, 6.07) is 5.71. The average molecular weight is 331 g/mol. The lowest BCUT2D eigenvalue weighted by Gasteiger charge is -2.34. The van der Waals surface area contributed by atoms with Crippen LogP contribution in [0.5, 0.6) is 0 Å². The van der Waals surface area contributed by atoms with Gasteiger partial charge in [0.1, 0.15) is 11.1 Å². The minimum Gasteiger partial charge on any atom is -0.444 e. The minimum atomic E-state index is -0.469. The molecule has 0 bridgehead atoms. The van der Waals surface area contributed by atoms with Crippen LogP contribution in [0.3, 0.4) is 0 Å². The van der Waals surface area contributed by atoms with Crippen molar-refractivity contribution in [3.63, 3.8) is 0 Å². The first kappa shape index (κ1) is 16.5. The Morgan fingerprint density at radius 2 is 2.21 bits per heavy atom. The van der Waals surface area contributed by atoms with E-state index in [0.717, 1.165) is 37.0 Å². The fourth-order valence-corrected chi connectivity index (χ4v) is 3.10. The molecule has 1 fully saturated rings. The second kappa shape index (κ2) is 6.30. The van der Waals surface area contributed by atoms with Crippen LogP contribution in [0.1, 0.15) is 33.6 Å². The van der Waals surface area contributed by atoms with Crippen molar-refractivity contribution >= 4 is 22.8 Å². The van der Waals surface area contributed by atoms with E-state index >= 15 is 0 Å². The van der Waals surface area contributed by atoms with Crippen molar-refractivity contribution < 1.29 is 9.53 Å². The van der Waals surface area contributed by atoms with Crippen molar-refractivity contribution in [3.8, 4) is 0 Å². The maximum atomic E-state index is 12.3. The Balaban J connectivity index is 1.69. The molecule has 0 spiro atoms.